The van der Waals surface area contributed by atoms with E-state index in [1.165, 1.54) is 0 Å². The lowest BCUT2D eigenvalue weighted by atomic mass is 10.1. The van der Waals surface area contributed by atoms with Crippen molar-refractivity contribution in [3.63, 3.8) is 0 Å². The first-order chi connectivity index (χ1) is 5.21. The molecule has 5 heteroatoms. The molecule has 0 heterocycles. The van der Waals surface area contributed by atoms with Crippen LogP contribution >= 0.6 is 0 Å². The van der Waals surface area contributed by atoms with Gasteiger partial charge in [0.2, 0.25) is 0 Å². The van der Waals surface area contributed by atoms with Gasteiger partial charge in [-0.1, -0.05) is 0 Å². The Hall–Kier alpha value is -0.290. The van der Waals surface area contributed by atoms with Crippen LogP contribution in [0.25, 0.3) is 0 Å². The summed E-state index contributed by atoms with van der Waals surface area (Å²) in [4.78, 5) is 0. The van der Waals surface area contributed by atoms with E-state index in [-0.39, 0.29) is 6.54 Å². The maximum atomic E-state index is 11.6. The Morgan fingerprint density at radius 3 is 2.08 bits per heavy atom. The normalized spacial score (nSPS) is 13.5. The molecule has 0 aliphatic rings. The molecule has 2 nitrogen and oxygen atoms in total. The average molecular weight is 185 g/mol. The fourth-order valence-electron chi connectivity index (χ4n) is 0.624. The first-order valence-corrected chi connectivity index (χ1v) is 3.70. The first kappa shape index (κ1) is 11.7. The van der Waals surface area contributed by atoms with E-state index in [1.807, 2.05) is 0 Å². The van der Waals surface area contributed by atoms with Gasteiger partial charge in [-0.05, 0) is 26.8 Å². The molecule has 0 aromatic carbocycles. The van der Waals surface area contributed by atoms with E-state index in [9.17, 15) is 13.2 Å². The van der Waals surface area contributed by atoms with Crippen LogP contribution in [0.1, 0.15) is 20.3 Å². The summed E-state index contributed by atoms with van der Waals surface area (Å²) in [5, 5.41) is 11.3. The highest BCUT2D eigenvalue weighted by Gasteiger charge is 2.26. The maximum absolute atomic E-state index is 11.6. The molecule has 12 heavy (non-hydrogen) atoms. The van der Waals surface area contributed by atoms with Crippen LogP contribution < -0.4 is 5.32 Å². The molecule has 0 aromatic heterocycles. The van der Waals surface area contributed by atoms with Gasteiger partial charge in [-0.2, -0.15) is 13.2 Å². The van der Waals surface area contributed by atoms with Crippen LogP contribution in [0.4, 0.5) is 13.2 Å². The molecule has 0 aliphatic heterocycles. The molecule has 0 spiro atoms. The highest BCUT2D eigenvalue weighted by Crippen LogP contribution is 2.12. The van der Waals surface area contributed by atoms with Crippen molar-refractivity contribution in [1.29, 1.82) is 0 Å². The summed E-state index contributed by atoms with van der Waals surface area (Å²) in [6.07, 6.45) is -3.86. The predicted octanol–water partition coefficient (Wildman–Crippen LogP) is 1.30. The van der Waals surface area contributed by atoms with Gasteiger partial charge in [-0.3, -0.25) is 0 Å². The molecule has 0 rings (SSSR count). The fraction of sp³-hybridized carbons (Fsp3) is 1.00. The number of aliphatic hydroxyl groups is 1. The van der Waals surface area contributed by atoms with E-state index in [0.717, 1.165) is 0 Å². The molecular weight excluding hydrogens is 171 g/mol. The summed E-state index contributed by atoms with van der Waals surface area (Å²) in [7, 11) is 0. The Balaban J connectivity index is 3.35. The van der Waals surface area contributed by atoms with Gasteiger partial charge >= 0.3 is 6.18 Å². The van der Waals surface area contributed by atoms with Crippen molar-refractivity contribution in [3.8, 4) is 0 Å². The van der Waals surface area contributed by atoms with E-state index in [1.54, 1.807) is 13.8 Å². The molecule has 0 atom stereocenters. The Labute approximate surface area is 69.8 Å². The predicted molar refractivity (Wildman–Crippen MR) is 39.8 cm³/mol. The van der Waals surface area contributed by atoms with Crippen LogP contribution in [0.15, 0.2) is 0 Å². The molecule has 0 saturated heterocycles. The van der Waals surface area contributed by atoms with Crippen molar-refractivity contribution < 1.29 is 18.3 Å². The van der Waals surface area contributed by atoms with Gasteiger partial charge < -0.3 is 10.4 Å². The van der Waals surface area contributed by atoms with E-state index in [2.05, 4.69) is 5.32 Å². The minimum Gasteiger partial charge on any atom is -0.390 e. The van der Waals surface area contributed by atoms with Crippen LogP contribution in [0.2, 0.25) is 0 Å². The monoisotopic (exact) mass is 185 g/mol. The maximum Gasteiger partial charge on any atom is 0.401 e. The third kappa shape index (κ3) is 9.71. The van der Waals surface area contributed by atoms with Gasteiger partial charge in [0.05, 0.1) is 12.1 Å². The Morgan fingerprint density at radius 1 is 1.25 bits per heavy atom. The van der Waals surface area contributed by atoms with Crippen LogP contribution in [0, 0.1) is 0 Å². The summed E-state index contributed by atoms with van der Waals surface area (Å²) in [5.41, 5.74) is -0.904. The zero-order valence-corrected chi connectivity index (χ0v) is 7.20. The van der Waals surface area contributed by atoms with Crippen LogP contribution in [-0.4, -0.2) is 30.0 Å². The molecule has 0 radical (unpaired) electrons. The van der Waals surface area contributed by atoms with Crippen molar-refractivity contribution >= 4 is 0 Å². The second-order valence-corrected chi connectivity index (χ2v) is 3.35. The second-order valence-electron chi connectivity index (χ2n) is 3.35. The second kappa shape index (κ2) is 4.09. The minimum absolute atomic E-state index is 0.170. The first-order valence-electron chi connectivity index (χ1n) is 3.70. The van der Waals surface area contributed by atoms with E-state index < -0.39 is 18.3 Å². The summed E-state index contributed by atoms with van der Waals surface area (Å²) in [6, 6.07) is 0. The van der Waals surface area contributed by atoms with E-state index in [0.29, 0.717) is 6.42 Å². The largest absolute Gasteiger partial charge is 0.401 e. The zero-order valence-electron chi connectivity index (χ0n) is 7.20. The van der Waals surface area contributed by atoms with Crippen LogP contribution in [0.5, 0.6) is 0 Å². The summed E-state index contributed by atoms with van der Waals surface area (Å²) >= 11 is 0. The summed E-state index contributed by atoms with van der Waals surface area (Å²) in [6.45, 7) is 2.29. The van der Waals surface area contributed by atoms with Crippen molar-refractivity contribution in [2.24, 2.45) is 0 Å². The number of halogens is 3. The molecule has 0 unspecified atom stereocenters. The van der Waals surface area contributed by atoms with Gasteiger partial charge in [0.15, 0.2) is 0 Å². The smallest absolute Gasteiger partial charge is 0.390 e. The molecular formula is C7H14F3NO. The molecule has 0 aromatic rings. The van der Waals surface area contributed by atoms with Crippen LogP contribution in [0.3, 0.4) is 0 Å². The minimum atomic E-state index is -4.17. The zero-order chi connectivity index (χ0) is 9.83. The third-order valence-electron chi connectivity index (χ3n) is 1.24. The quantitative estimate of drug-likeness (QED) is 0.647. The number of nitrogens with one attached hydrogen (secondary N) is 1. The Bertz CT molecular complexity index is 112. The number of alkyl halides is 3. The van der Waals surface area contributed by atoms with Gasteiger partial charge in [0.1, 0.15) is 0 Å². The molecule has 0 aliphatic carbocycles. The number of hydrogen-bond donors (Lipinski definition) is 2. The molecule has 2 N–H and O–H groups in total. The van der Waals surface area contributed by atoms with Crippen molar-refractivity contribution in [2.45, 2.75) is 32.0 Å². The van der Waals surface area contributed by atoms with E-state index >= 15 is 0 Å². The SMILES string of the molecule is CC(C)(O)CCNCC(F)(F)F. The van der Waals surface area contributed by atoms with E-state index in [4.69, 9.17) is 5.11 Å². The fourth-order valence-corrected chi connectivity index (χ4v) is 0.624. The van der Waals surface area contributed by atoms with Gasteiger partial charge in [-0.15, -0.1) is 0 Å². The third-order valence-corrected chi connectivity index (χ3v) is 1.24. The molecule has 74 valence electrons. The van der Waals surface area contributed by atoms with Crippen LogP contribution in [-0.2, 0) is 0 Å². The average Bonchev–Trinajstić information content (AvgIpc) is 1.76. The molecule has 0 fully saturated rings. The molecule has 0 bridgehead atoms. The van der Waals surface area contributed by atoms with Gasteiger partial charge in [0.25, 0.3) is 0 Å². The standard InChI is InChI=1S/C7H14F3NO/c1-6(2,12)3-4-11-5-7(8,9)10/h11-12H,3-5H2,1-2H3. The van der Waals surface area contributed by atoms with Gasteiger partial charge in [0, 0.05) is 0 Å². The van der Waals surface area contributed by atoms with Gasteiger partial charge in [-0.25, -0.2) is 0 Å². The highest BCUT2D eigenvalue weighted by atomic mass is 19.4. The van der Waals surface area contributed by atoms with Crippen molar-refractivity contribution in [1.82, 2.24) is 5.32 Å². The van der Waals surface area contributed by atoms with Crippen molar-refractivity contribution in [2.75, 3.05) is 13.1 Å². The highest BCUT2D eigenvalue weighted by molar-refractivity contribution is 4.67. The lowest BCUT2D eigenvalue weighted by Crippen LogP contribution is -2.33. The lowest BCUT2D eigenvalue weighted by molar-refractivity contribution is -0.125. The molecule has 0 saturated carbocycles. The number of rotatable bonds is 4. The Morgan fingerprint density at radius 2 is 1.75 bits per heavy atom. The Kier molecular flexibility index (Phi) is 3.99. The number of hydrogen-bond acceptors (Lipinski definition) is 2. The lowest BCUT2D eigenvalue weighted by Gasteiger charge is -2.17. The van der Waals surface area contributed by atoms with Crippen molar-refractivity contribution in [3.05, 3.63) is 0 Å². The summed E-state index contributed by atoms with van der Waals surface area (Å²) in [5.74, 6) is 0. The molecule has 0 amide bonds. The topological polar surface area (TPSA) is 32.3 Å². The summed E-state index contributed by atoms with van der Waals surface area (Å²) < 4.78 is 34.7.